The number of hydrogen-bond acceptors (Lipinski definition) is 0. The van der Waals surface area contributed by atoms with Gasteiger partial charge in [0.15, 0.2) is 0 Å². The number of rotatable bonds is 14. The Hall–Kier alpha value is -0.600. The van der Waals surface area contributed by atoms with Gasteiger partial charge in [0.05, 0.1) is 0 Å². The Morgan fingerprint density at radius 3 is 1.34 bits per heavy atom. The smallest absolute Gasteiger partial charge is 0.0398 e. The number of alkyl halides is 2. The van der Waals surface area contributed by atoms with Crippen molar-refractivity contribution in [2.24, 2.45) is 0 Å². The quantitative estimate of drug-likeness (QED) is 0.188. The summed E-state index contributed by atoms with van der Waals surface area (Å²) in [5.74, 6) is 1.71. The summed E-state index contributed by atoms with van der Waals surface area (Å²) in [4.78, 5) is 0.991. The molecule has 35 heavy (non-hydrogen) atoms. The maximum Gasteiger partial charge on any atom is 0.0398 e. The molecule has 196 valence electrons. The first kappa shape index (κ1) is 30.6. The van der Waals surface area contributed by atoms with E-state index in [9.17, 15) is 0 Å². The van der Waals surface area contributed by atoms with Crippen molar-refractivity contribution in [1.29, 1.82) is 0 Å². The lowest BCUT2D eigenvalue weighted by molar-refractivity contribution is 0.504. The van der Waals surface area contributed by atoms with Crippen LogP contribution >= 0.6 is 31.9 Å². The van der Waals surface area contributed by atoms with E-state index in [4.69, 9.17) is 0 Å². The Balaban J connectivity index is 0.000000247. The first-order valence-electron chi connectivity index (χ1n) is 14.5. The number of unbranched alkanes of at least 4 members (excludes halogenated alkanes) is 4. The Labute approximate surface area is 234 Å². The number of hydrogen-bond donors (Lipinski definition) is 0. The fraction of sp³-hybridized carbons (Fsp3) is 0.636. The maximum atomic E-state index is 3.85. The largest absolute Gasteiger partial charge is 0.0839 e. The lowest BCUT2D eigenvalue weighted by Gasteiger charge is -2.18. The van der Waals surface area contributed by atoms with E-state index in [0.29, 0.717) is 9.65 Å². The fourth-order valence-corrected chi connectivity index (χ4v) is 6.94. The summed E-state index contributed by atoms with van der Waals surface area (Å²) in [5, 5.41) is 0. The van der Waals surface area contributed by atoms with Gasteiger partial charge in [-0.1, -0.05) is 159 Å². The summed E-state index contributed by atoms with van der Waals surface area (Å²) in [7, 11) is 0. The molecule has 0 radical (unpaired) electrons. The summed E-state index contributed by atoms with van der Waals surface area (Å²) in [6.45, 7) is 9.10. The van der Waals surface area contributed by atoms with E-state index in [0.717, 1.165) is 11.8 Å². The normalized spacial score (nSPS) is 18.5. The van der Waals surface area contributed by atoms with Crippen LogP contribution in [0.5, 0.6) is 0 Å². The molecule has 3 rings (SSSR count). The van der Waals surface area contributed by atoms with Gasteiger partial charge < -0.3 is 0 Å². The highest BCUT2D eigenvalue weighted by Gasteiger charge is 2.29. The lowest BCUT2D eigenvalue weighted by Crippen LogP contribution is -2.00. The second kappa shape index (κ2) is 17.8. The third-order valence-electron chi connectivity index (χ3n) is 7.55. The molecule has 0 aliphatic heterocycles. The van der Waals surface area contributed by atoms with Crippen molar-refractivity contribution in [1.82, 2.24) is 0 Å². The molecule has 0 fully saturated rings. The van der Waals surface area contributed by atoms with Gasteiger partial charge in [0.25, 0.3) is 0 Å². The molecule has 0 N–H and O–H groups in total. The zero-order valence-electron chi connectivity index (χ0n) is 22.9. The van der Waals surface area contributed by atoms with E-state index >= 15 is 0 Å². The van der Waals surface area contributed by atoms with E-state index in [2.05, 4.69) is 108 Å². The predicted octanol–water partition coefficient (Wildman–Crippen LogP) is 12.6. The summed E-state index contributed by atoms with van der Waals surface area (Å²) >= 11 is 7.71. The van der Waals surface area contributed by atoms with Crippen LogP contribution < -0.4 is 0 Å². The Morgan fingerprint density at radius 2 is 0.971 bits per heavy atom. The van der Waals surface area contributed by atoms with E-state index < -0.39 is 0 Å². The third-order valence-corrected chi connectivity index (χ3v) is 9.45. The molecule has 2 aromatic rings. The third kappa shape index (κ3) is 9.99. The van der Waals surface area contributed by atoms with E-state index in [1.807, 2.05) is 0 Å². The molecule has 2 aromatic carbocycles. The Bertz CT molecular complexity index is 748. The highest BCUT2D eigenvalue weighted by atomic mass is 79.9. The van der Waals surface area contributed by atoms with Crippen LogP contribution in [-0.2, 0) is 0 Å². The second-order valence-corrected chi connectivity index (χ2v) is 12.6. The van der Waals surface area contributed by atoms with Gasteiger partial charge in [-0.05, 0) is 66.2 Å². The molecule has 1 aliphatic carbocycles. The highest BCUT2D eigenvalue weighted by Crippen LogP contribution is 2.46. The van der Waals surface area contributed by atoms with Gasteiger partial charge in [-0.3, -0.25) is 0 Å². The van der Waals surface area contributed by atoms with Gasteiger partial charge in [0, 0.05) is 9.65 Å². The molecular formula is C33H50Br2. The second-order valence-electron chi connectivity index (χ2n) is 10.4. The minimum atomic E-state index is 0.496. The molecule has 0 amide bonds. The molecule has 4 unspecified atom stereocenters. The fourth-order valence-electron chi connectivity index (χ4n) is 5.46. The maximum absolute atomic E-state index is 3.85. The molecule has 0 heterocycles. The Kier molecular flexibility index (Phi) is 15.6. The molecule has 1 aliphatic rings. The standard InChI is InChI=1S/C17H26.C16H24Br2/c1-3-5-9-14-13-15(10-6-4-2)17-12-8-7-11-16(14)17;1-3-5-11-15(17)13-9-7-8-10-14(13)16(18)12-6-4-2/h7-8,11-12,14-15H,3-6,9-10,13H2,1-2H3;7-10,15-16H,3-6,11-12H2,1-2H3. The summed E-state index contributed by atoms with van der Waals surface area (Å²) < 4.78 is 0. The lowest BCUT2D eigenvalue weighted by atomic mass is 9.93. The van der Waals surface area contributed by atoms with Gasteiger partial charge in [-0.25, -0.2) is 0 Å². The van der Waals surface area contributed by atoms with Crippen molar-refractivity contribution in [2.75, 3.05) is 0 Å². The zero-order valence-corrected chi connectivity index (χ0v) is 26.0. The van der Waals surface area contributed by atoms with E-state index in [1.54, 1.807) is 11.1 Å². The zero-order chi connectivity index (χ0) is 25.5. The molecule has 0 spiro atoms. The van der Waals surface area contributed by atoms with E-state index in [-0.39, 0.29) is 0 Å². The topological polar surface area (TPSA) is 0 Å². The minimum Gasteiger partial charge on any atom is -0.0839 e. The van der Waals surface area contributed by atoms with Gasteiger partial charge in [-0.15, -0.1) is 0 Å². The van der Waals surface area contributed by atoms with Crippen molar-refractivity contribution in [3.8, 4) is 0 Å². The van der Waals surface area contributed by atoms with Crippen LogP contribution in [-0.4, -0.2) is 0 Å². The number of fused-ring (bicyclic) bond motifs is 1. The Morgan fingerprint density at radius 1 is 0.600 bits per heavy atom. The van der Waals surface area contributed by atoms with Crippen molar-refractivity contribution in [3.05, 3.63) is 70.8 Å². The van der Waals surface area contributed by atoms with Crippen molar-refractivity contribution < 1.29 is 0 Å². The van der Waals surface area contributed by atoms with Gasteiger partial charge in [0.1, 0.15) is 0 Å². The van der Waals surface area contributed by atoms with Crippen LogP contribution in [0.1, 0.15) is 155 Å². The van der Waals surface area contributed by atoms with Crippen molar-refractivity contribution in [3.63, 3.8) is 0 Å². The first-order valence-corrected chi connectivity index (χ1v) is 16.4. The minimum absolute atomic E-state index is 0.496. The van der Waals surface area contributed by atoms with Crippen LogP contribution in [0.15, 0.2) is 48.5 Å². The summed E-state index contributed by atoms with van der Waals surface area (Å²) in [6.07, 6.45) is 17.2. The van der Waals surface area contributed by atoms with Crippen molar-refractivity contribution >= 4 is 31.9 Å². The molecule has 0 nitrogen and oxygen atoms in total. The van der Waals surface area contributed by atoms with Crippen LogP contribution in [0.3, 0.4) is 0 Å². The van der Waals surface area contributed by atoms with Gasteiger partial charge in [-0.2, -0.15) is 0 Å². The highest BCUT2D eigenvalue weighted by molar-refractivity contribution is 9.09. The predicted molar refractivity (Wildman–Crippen MR) is 164 cm³/mol. The van der Waals surface area contributed by atoms with Gasteiger partial charge >= 0.3 is 0 Å². The average molecular weight is 607 g/mol. The van der Waals surface area contributed by atoms with Crippen LogP contribution in [0.2, 0.25) is 0 Å². The van der Waals surface area contributed by atoms with Crippen LogP contribution in [0.25, 0.3) is 0 Å². The first-order chi connectivity index (χ1) is 17.1. The molecule has 2 heteroatoms. The van der Waals surface area contributed by atoms with Crippen LogP contribution in [0.4, 0.5) is 0 Å². The van der Waals surface area contributed by atoms with Gasteiger partial charge in [0.2, 0.25) is 0 Å². The molecule has 0 saturated carbocycles. The van der Waals surface area contributed by atoms with Crippen LogP contribution in [0, 0.1) is 0 Å². The molecule has 4 atom stereocenters. The molecule has 0 saturated heterocycles. The summed E-state index contributed by atoms with van der Waals surface area (Å²) in [5.41, 5.74) is 6.26. The van der Waals surface area contributed by atoms with Crippen molar-refractivity contribution in [2.45, 2.75) is 133 Å². The molecular weight excluding hydrogens is 556 g/mol. The molecule has 0 aromatic heterocycles. The molecule has 0 bridgehead atoms. The van der Waals surface area contributed by atoms with E-state index in [1.165, 1.54) is 94.6 Å². The number of halogens is 2. The average Bonchev–Trinajstić information content (AvgIpc) is 3.25. The summed E-state index contributed by atoms with van der Waals surface area (Å²) in [6, 6.07) is 18.0. The number of benzene rings is 2. The monoisotopic (exact) mass is 604 g/mol. The SMILES string of the molecule is CCCCC(Br)c1ccccc1C(Br)CCCC.CCCCC1CC(CCCC)c2ccccc21.